The smallest absolute Gasteiger partial charge is 0.115 e. The Labute approximate surface area is 376 Å². The molecule has 0 radical (unpaired) electrons. The van der Waals surface area contributed by atoms with Gasteiger partial charge in [-0.2, -0.15) is 0 Å². The van der Waals surface area contributed by atoms with Crippen LogP contribution in [0.5, 0.6) is 0 Å². The third-order valence-electron chi connectivity index (χ3n) is 13.4. The molecule has 0 aliphatic carbocycles. The summed E-state index contributed by atoms with van der Waals surface area (Å²) in [5.74, 6) is 0. The van der Waals surface area contributed by atoms with Crippen molar-refractivity contribution in [3.8, 4) is 45.0 Å². The van der Waals surface area contributed by atoms with Crippen LogP contribution >= 0.6 is 21.4 Å². The molecule has 64 heavy (non-hydrogen) atoms. The molecule has 9 aromatic rings. The van der Waals surface area contributed by atoms with Gasteiger partial charge in [0, 0.05) is 96.7 Å². The lowest BCUT2D eigenvalue weighted by atomic mass is 10.0. The lowest BCUT2D eigenvalue weighted by Gasteiger charge is -2.18. The van der Waals surface area contributed by atoms with Crippen LogP contribution in [0.2, 0.25) is 0 Å². The average Bonchev–Trinajstić information content (AvgIpc) is 3.37. The summed E-state index contributed by atoms with van der Waals surface area (Å²) >= 11 is 0. The zero-order valence-electron chi connectivity index (χ0n) is 37.4. The summed E-state index contributed by atoms with van der Waals surface area (Å²) in [6, 6.07) is 47.1. The van der Waals surface area contributed by atoms with Gasteiger partial charge in [-0.1, -0.05) is 139 Å². The fraction of sp³-hybridized carbons (Fsp3) is 0.222. The Morgan fingerprint density at radius 3 is 0.828 bits per heavy atom. The van der Waals surface area contributed by atoms with Gasteiger partial charge in [-0.25, -0.2) is 19.9 Å². The summed E-state index contributed by atoms with van der Waals surface area (Å²) in [4.78, 5) is 21.0. The molecule has 0 amide bonds. The van der Waals surface area contributed by atoms with Gasteiger partial charge < -0.3 is 13.7 Å². The van der Waals surface area contributed by atoms with E-state index >= 15 is 0 Å². The maximum Gasteiger partial charge on any atom is 0.115 e. The largest absolute Gasteiger partial charge is 0.319 e. The van der Waals surface area contributed by atoms with Gasteiger partial charge in [0.05, 0.1) is 44.8 Å². The first-order valence-corrected chi connectivity index (χ1v) is 28.7. The van der Waals surface area contributed by atoms with Gasteiger partial charge in [0.15, 0.2) is 0 Å². The highest BCUT2D eigenvalue weighted by atomic mass is 31.2. The molecule has 0 aliphatic rings. The van der Waals surface area contributed by atoms with E-state index in [0.717, 1.165) is 105 Å². The normalized spacial score (nSPS) is 12.5. The highest BCUT2D eigenvalue weighted by molar-refractivity contribution is 7.72. The maximum atomic E-state index is 14.6. The van der Waals surface area contributed by atoms with Crippen LogP contribution < -0.4 is 15.9 Å². The van der Waals surface area contributed by atoms with Crippen LogP contribution in [-0.4, -0.2) is 56.9 Å². The molecule has 0 saturated carbocycles. The van der Waals surface area contributed by atoms with Crippen LogP contribution in [0, 0.1) is 0 Å². The summed E-state index contributed by atoms with van der Waals surface area (Å²) in [6.07, 6.45) is 3.67. The second-order valence-electron chi connectivity index (χ2n) is 16.6. The van der Waals surface area contributed by atoms with Crippen LogP contribution in [0.4, 0.5) is 0 Å². The molecular formula is C54H53N4O3P3. The number of benzene rings is 5. The molecule has 0 unspecified atom stereocenters. The van der Waals surface area contributed by atoms with E-state index in [1.54, 1.807) is 0 Å². The molecule has 0 bridgehead atoms. The first-order chi connectivity index (χ1) is 30.9. The van der Waals surface area contributed by atoms with Gasteiger partial charge in [-0.3, -0.25) is 0 Å². The Balaban J connectivity index is 1.15. The van der Waals surface area contributed by atoms with E-state index in [1.165, 1.54) is 0 Å². The number of nitrogens with zero attached hydrogens (tertiary/aromatic N) is 4. The number of rotatable bonds is 13. The number of aromatic nitrogens is 4. The van der Waals surface area contributed by atoms with Crippen molar-refractivity contribution in [3.05, 3.63) is 140 Å². The van der Waals surface area contributed by atoms with E-state index < -0.39 is 21.4 Å². The first-order valence-electron chi connectivity index (χ1n) is 22.5. The van der Waals surface area contributed by atoms with Gasteiger partial charge in [-0.05, 0) is 42.5 Å². The zero-order valence-corrected chi connectivity index (χ0v) is 40.1. The number of hydrogen-bond donors (Lipinski definition) is 0. The highest BCUT2D eigenvalue weighted by Crippen LogP contribution is 2.46. The lowest BCUT2D eigenvalue weighted by Crippen LogP contribution is -2.10. The van der Waals surface area contributed by atoms with Crippen molar-refractivity contribution >= 4 is 81.0 Å². The molecule has 0 atom stereocenters. The van der Waals surface area contributed by atoms with Gasteiger partial charge in [-0.15, -0.1) is 0 Å². The van der Waals surface area contributed by atoms with Crippen molar-refractivity contribution in [1.29, 1.82) is 0 Å². The summed E-state index contributed by atoms with van der Waals surface area (Å²) in [5.41, 5.74) is 9.95. The monoisotopic (exact) mass is 898 g/mol. The predicted molar refractivity (Wildman–Crippen MR) is 274 cm³/mol. The van der Waals surface area contributed by atoms with Crippen LogP contribution in [0.15, 0.2) is 140 Å². The van der Waals surface area contributed by atoms with Crippen LogP contribution in [0.1, 0.15) is 41.5 Å². The van der Waals surface area contributed by atoms with Gasteiger partial charge >= 0.3 is 0 Å². The molecule has 0 saturated heterocycles. The fourth-order valence-electron chi connectivity index (χ4n) is 8.89. The van der Waals surface area contributed by atoms with Crippen LogP contribution in [0.3, 0.4) is 0 Å². The minimum absolute atomic E-state index is 0.544. The molecule has 9 rings (SSSR count). The summed E-state index contributed by atoms with van der Waals surface area (Å²) in [5, 5.41) is 6.53. The Morgan fingerprint density at radius 2 is 0.547 bits per heavy atom. The van der Waals surface area contributed by atoms with E-state index in [-0.39, 0.29) is 0 Å². The summed E-state index contributed by atoms with van der Waals surface area (Å²) in [7, 11) is -7.53. The molecule has 0 N–H and O–H groups in total. The standard InChI is InChI=1S/C54H53N4O3P3/c1-7-62(59,8-2)44-25-17-36(18-26-44)47-29-21-38-13-15-40-23-31-49(57-53(40)51(38)55-47)42-33-43(35-46(34-42)64(61,11-5)12-6)50-32-24-41-16-14-39-22-30-48(56-52(39)54(41)58-50)37-19-27-45(28-20-37)63(60,9-3)10-4/h13-35H,7-12H2,1-6H3. The summed E-state index contributed by atoms with van der Waals surface area (Å²) in [6.45, 7) is 12.0. The zero-order chi connectivity index (χ0) is 44.8. The van der Waals surface area contributed by atoms with Crippen molar-refractivity contribution in [2.75, 3.05) is 37.0 Å². The van der Waals surface area contributed by atoms with E-state index in [1.807, 2.05) is 114 Å². The van der Waals surface area contributed by atoms with E-state index in [0.29, 0.717) is 37.0 Å². The lowest BCUT2D eigenvalue weighted by molar-refractivity contribution is 0.581. The SMILES string of the molecule is CCP(=O)(CC)c1ccc(-c2ccc3ccc4ccc(-c5cc(-c6ccc7ccc8ccc(-c9ccc(P(=O)(CC)CC)cc9)nc8c7n6)cc(P(=O)(CC)CC)c5)nc4c3n2)cc1. The molecule has 4 heterocycles. The molecule has 0 spiro atoms. The van der Waals surface area contributed by atoms with Crippen molar-refractivity contribution in [2.45, 2.75) is 41.5 Å². The number of pyridine rings is 4. The van der Waals surface area contributed by atoms with Crippen molar-refractivity contribution < 1.29 is 13.7 Å². The second-order valence-corrected chi connectivity index (χ2v) is 27.3. The summed E-state index contributed by atoms with van der Waals surface area (Å²) < 4.78 is 41.4. The Morgan fingerprint density at radius 1 is 0.297 bits per heavy atom. The second kappa shape index (κ2) is 17.4. The molecule has 4 aromatic heterocycles. The number of hydrogen-bond acceptors (Lipinski definition) is 7. The van der Waals surface area contributed by atoms with E-state index in [9.17, 15) is 13.7 Å². The van der Waals surface area contributed by atoms with Gasteiger partial charge in [0.1, 0.15) is 21.4 Å². The topological polar surface area (TPSA) is 103 Å². The Kier molecular flexibility index (Phi) is 11.9. The van der Waals surface area contributed by atoms with Crippen molar-refractivity contribution in [1.82, 2.24) is 19.9 Å². The van der Waals surface area contributed by atoms with Crippen LogP contribution in [0.25, 0.3) is 88.6 Å². The number of fused-ring (bicyclic) bond motifs is 6. The quantitative estimate of drug-likeness (QED) is 0.0838. The van der Waals surface area contributed by atoms with Crippen molar-refractivity contribution in [3.63, 3.8) is 0 Å². The van der Waals surface area contributed by atoms with Crippen molar-refractivity contribution in [2.24, 2.45) is 0 Å². The van der Waals surface area contributed by atoms with Gasteiger partial charge in [0.2, 0.25) is 0 Å². The Hall–Kier alpha value is -5.57. The molecule has 0 aliphatic heterocycles. The molecule has 0 fully saturated rings. The molecule has 322 valence electrons. The first kappa shape index (κ1) is 43.7. The minimum Gasteiger partial charge on any atom is -0.319 e. The molecule has 10 heteroatoms. The maximum absolute atomic E-state index is 14.6. The third kappa shape index (κ3) is 7.87. The third-order valence-corrected chi connectivity index (χ3v) is 23.2. The van der Waals surface area contributed by atoms with E-state index in [4.69, 9.17) is 19.9 Å². The predicted octanol–water partition coefficient (Wildman–Crippen LogP) is 13.6. The molecule has 5 aromatic carbocycles. The van der Waals surface area contributed by atoms with Crippen LogP contribution in [-0.2, 0) is 13.7 Å². The fourth-order valence-corrected chi connectivity index (χ4v) is 14.6. The molecular weight excluding hydrogens is 846 g/mol. The van der Waals surface area contributed by atoms with E-state index in [2.05, 4.69) is 66.7 Å². The molecule has 7 nitrogen and oxygen atoms in total. The Bertz CT molecular complexity index is 3170. The van der Waals surface area contributed by atoms with Gasteiger partial charge in [0.25, 0.3) is 0 Å². The minimum atomic E-state index is -2.74. The average molecular weight is 899 g/mol. The highest BCUT2D eigenvalue weighted by Gasteiger charge is 2.24.